The van der Waals surface area contributed by atoms with Crippen molar-refractivity contribution in [2.24, 2.45) is 0 Å². The molecule has 0 spiro atoms. The summed E-state index contributed by atoms with van der Waals surface area (Å²) in [6, 6.07) is 1.73. The molecule has 2 unspecified atom stereocenters. The highest BCUT2D eigenvalue weighted by atomic mass is 33.1. The van der Waals surface area contributed by atoms with Gasteiger partial charge in [-0.1, -0.05) is 21.6 Å². The summed E-state index contributed by atoms with van der Waals surface area (Å²) in [4.78, 5) is 35.1. The van der Waals surface area contributed by atoms with Gasteiger partial charge in [0.25, 0.3) is 0 Å². The Kier molecular flexibility index (Phi) is 9.42. The summed E-state index contributed by atoms with van der Waals surface area (Å²) >= 11 is 0. The summed E-state index contributed by atoms with van der Waals surface area (Å²) < 4.78 is 60.3. The molecular weight excluding hydrogens is 545 g/mol. The number of rotatable bonds is 12. The van der Waals surface area contributed by atoms with E-state index >= 15 is 0 Å². The highest BCUT2D eigenvalue weighted by Gasteiger charge is 2.40. The van der Waals surface area contributed by atoms with Crippen LogP contribution in [0.15, 0.2) is 18.6 Å². The molecule has 1 aliphatic rings. The Morgan fingerprint density at radius 1 is 1.33 bits per heavy atom. The number of phosphoric acid groups is 2. The molecule has 0 aliphatic carbocycles. The van der Waals surface area contributed by atoms with E-state index in [1.807, 2.05) is 6.26 Å². The zero-order chi connectivity index (χ0) is 24.2. The summed E-state index contributed by atoms with van der Waals surface area (Å²) in [5.74, 6) is 0.601. The number of nitrogens with zero attached hydrogens (tertiary/aromatic N) is 3. The minimum atomic E-state index is -5.18. The summed E-state index contributed by atoms with van der Waals surface area (Å²) in [5.41, 5.74) is 6.39. The van der Waals surface area contributed by atoms with Gasteiger partial charge in [-0.15, -0.1) is 0 Å². The molecule has 186 valence electrons. The standard InChI is InChI=1S/C13H21N4O11P3S2/c1-32-33-7-24-9-4-11(17-3-2-8-12(14)15-6-16-13(8)17)26-10(9)5-25-31(22,23)28-29(18)27-30(19,20)21/h2-3,6,9-11,29H,4-5,7H2,1H3,(H,22,23)(H2,14,15,16)(H2,19,20,21)/t9-,10+,11+/m0/s1. The first-order valence-corrected chi connectivity index (χ1v) is 15.9. The second-order valence-electron chi connectivity index (χ2n) is 6.38. The SMILES string of the molecule is CSSCO[C@H]1C[C@H](n2ccc3c(N)ncnc32)O[C@@H]1COP(=O)(O)O[PH](=O)OP(=O)(O)O. The van der Waals surface area contributed by atoms with E-state index in [0.29, 0.717) is 29.2 Å². The third-order valence-electron chi connectivity index (χ3n) is 4.26. The molecule has 1 fully saturated rings. The maximum atomic E-state index is 12.0. The summed E-state index contributed by atoms with van der Waals surface area (Å²) in [7, 11) is -11.3. The topological polar surface area (TPSA) is 215 Å². The van der Waals surface area contributed by atoms with E-state index in [2.05, 4.69) is 18.6 Å². The highest BCUT2D eigenvalue weighted by Crippen LogP contribution is 2.58. The Bertz CT molecular complexity index is 1090. The number of nitrogens with two attached hydrogens (primary N) is 1. The first kappa shape index (κ1) is 27.1. The number of fused-ring (bicyclic) bond motifs is 1. The van der Waals surface area contributed by atoms with Crippen molar-refractivity contribution in [1.82, 2.24) is 14.5 Å². The first-order chi connectivity index (χ1) is 15.5. The molecule has 3 rings (SSSR count). The Balaban J connectivity index is 1.69. The van der Waals surface area contributed by atoms with Crippen LogP contribution in [0.4, 0.5) is 5.82 Å². The third kappa shape index (κ3) is 7.74. The predicted octanol–water partition coefficient (Wildman–Crippen LogP) is 2.29. The van der Waals surface area contributed by atoms with Crippen LogP contribution in [0.5, 0.6) is 0 Å². The first-order valence-electron chi connectivity index (χ1n) is 8.95. The smallest absolute Gasteiger partial charge is 0.383 e. The van der Waals surface area contributed by atoms with E-state index < -0.39 is 48.9 Å². The second kappa shape index (κ2) is 11.5. The van der Waals surface area contributed by atoms with E-state index in [9.17, 15) is 18.6 Å². The lowest BCUT2D eigenvalue weighted by atomic mass is 10.2. The predicted molar refractivity (Wildman–Crippen MR) is 120 cm³/mol. The van der Waals surface area contributed by atoms with Gasteiger partial charge < -0.3 is 34.5 Å². The lowest BCUT2D eigenvalue weighted by molar-refractivity contribution is -0.0518. The zero-order valence-corrected chi connectivity index (χ0v) is 21.2. The van der Waals surface area contributed by atoms with Gasteiger partial charge in [0.1, 0.15) is 36.1 Å². The molecular formula is C13H21N4O11P3S2. The molecule has 33 heavy (non-hydrogen) atoms. The van der Waals surface area contributed by atoms with Crippen molar-refractivity contribution >= 4 is 62.3 Å². The van der Waals surface area contributed by atoms with Crippen LogP contribution >= 0.6 is 45.5 Å². The summed E-state index contributed by atoms with van der Waals surface area (Å²) in [6.45, 7) is -0.514. The van der Waals surface area contributed by atoms with Crippen LogP contribution < -0.4 is 5.73 Å². The van der Waals surface area contributed by atoms with E-state index in [1.165, 1.54) is 27.9 Å². The van der Waals surface area contributed by atoms with Crippen molar-refractivity contribution in [3.8, 4) is 0 Å². The largest absolute Gasteiger partial charge is 0.479 e. The normalized spacial score (nSPS) is 24.2. The molecule has 3 heterocycles. The van der Waals surface area contributed by atoms with E-state index in [-0.39, 0.29) is 0 Å². The van der Waals surface area contributed by atoms with Gasteiger partial charge in [-0.3, -0.25) is 9.09 Å². The number of aromatic nitrogens is 3. The van der Waals surface area contributed by atoms with Crippen molar-refractivity contribution < 1.29 is 51.0 Å². The van der Waals surface area contributed by atoms with Crippen LogP contribution in [0.25, 0.3) is 11.0 Å². The van der Waals surface area contributed by atoms with Gasteiger partial charge in [-0.2, -0.15) is 0 Å². The third-order valence-corrected chi connectivity index (χ3v) is 9.27. The van der Waals surface area contributed by atoms with Crippen LogP contribution in [0.1, 0.15) is 12.6 Å². The number of hydrogen-bond acceptors (Lipinski definition) is 13. The summed E-state index contributed by atoms with van der Waals surface area (Å²) in [5, 5.41) is 0.625. The maximum absolute atomic E-state index is 12.0. The molecule has 2 aromatic heterocycles. The van der Waals surface area contributed by atoms with Crippen LogP contribution in [-0.2, 0) is 36.3 Å². The molecule has 0 bridgehead atoms. The Labute approximate surface area is 195 Å². The molecule has 0 saturated carbocycles. The number of hydrogen-bond donors (Lipinski definition) is 4. The molecule has 5 N–H and O–H groups in total. The Hall–Kier alpha value is -0.510. The van der Waals surface area contributed by atoms with Crippen LogP contribution in [0.2, 0.25) is 0 Å². The van der Waals surface area contributed by atoms with Gasteiger partial charge in [-0.25, -0.2) is 27.7 Å². The average Bonchev–Trinajstić information content (AvgIpc) is 3.29. The van der Waals surface area contributed by atoms with Crippen molar-refractivity contribution in [2.75, 3.05) is 24.5 Å². The van der Waals surface area contributed by atoms with Crippen LogP contribution in [0.3, 0.4) is 0 Å². The fraction of sp³-hybridized carbons (Fsp3) is 0.538. The number of phosphoric ester groups is 1. The Morgan fingerprint density at radius 3 is 2.79 bits per heavy atom. The number of nitrogen functional groups attached to an aromatic ring is 1. The monoisotopic (exact) mass is 566 g/mol. The average molecular weight is 566 g/mol. The van der Waals surface area contributed by atoms with E-state index in [4.69, 9.17) is 29.5 Å². The van der Waals surface area contributed by atoms with E-state index in [0.717, 1.165) is 0 Å². The molecule has 2 aromatic rings. The van der Waals surface area contributed by atoms with Gasteiger partial charge in [0.2, 0.25) is 0 Å². The fourth-order valence-electron chi connectivity index (χ4n) is 2.98. The van der Waals surface area contributed by atoms with Gasteiger partial charge >= 0.3 is 23.9 Å². The molecule has 0 aromatic carbocycles. The van der Waals surface area contributed by atoms with E-state index in [1.54, 1.807) is 16.8 Å². The lowest BCUT2D eigenvalue weighted by Gasteiger charge is -2.20. The number of ether oxygens (including phenoxy) is 2. The Morgan fingerprint density at radius 2 is 2.09 bits per heavy atom. The zero-order valence-electron chi connectivity index (χ0n) is 16.8. The van der Waals surface area contributed by atoms with Crippen molar-refractivity contribution in [1.29, 1.82) is 0 Å². The quantitative estimate of drug-likeness (QED) is 0.125. The van der Waals surface area contributed by atoms with Crippen molar-refractivity contribution in [2.45, 2.75) is 24.9 Å². The van der Waals surface area contributed by atoms with Gasteiger partial charge in [-0.05, 0) is 12.3 Å². The molecule has 1 aliphatic heterocycles. The fourth-order valence-corrected chi connectivity index (χ4v) is 6.28. The van der Waals surface area contributed by atoms with Gasteiger partial charge in [0.05, 0.1) is 18.1 Å². The van der Waals surface area contributed by atoms with Crippen LogP contribution in [0, 0.1) is 0 Å². The number of anilines is 1. The van der Waals surface area contributed by atoms with Crippen molar-refractivity contribution in [3.05, 3.63) is 18.6 Å². The molecule has 0 radical (unpaired) electrons. The molecule has 0 amide bonds. The minimum absolute atomic E-state index is 0.298. The van der Waals surface area contributed by atoms with Crippen molar-refractivity contribution in [3.63, 3.8) is 0 Å². The van der Waals surface area contributed by atoms with Gasteiger partial charge in [0.15, 0.2) is 0 Å². The summed E-state index contributed by atoms with van der Waals surface area (Å²) in [6.07, 6.45) is 3.26. The van der Waals surface area contributed by atoms with Crippen LogP contribution in [-0.4, -0.2) is 60.2 Å². The lowest BCUT2D eigenvalue weighted by Crippen LogP contribution is -2.28. The molecule has 15 nitrogen and oxygen atoms in total. The molecule has 5 atom stereocenters. The highest BCUT2D eigenvalue weighted by molar-refractivity contribution is 8.76. The molecule has 1 saturated heterocycles. The second-order valence-corrected chi connectivity index (χ2v) is 13.0. The maximum Gasteiger partial charge on any atom is 0.479 e. The van der Waals surface area contributed by atoms with Gasteiger partial charge in [0, 0.05) is 12.6 Å². The minimum Gasteiger partial charge on any atom is -0.383 e. The molecule has 20 heteroatoms.